The first-order valence-corrected chi connectivity index (χ1v) is 6.07. The number of ether oxygens (including phenoxy) is 1. The fourth-order valence-corrected chi connectivity index (χ4v) is 2.25. The first kappa shape index (κ1) is 13.5. The van der Waals surface area contributed by atoms with E-state index in [9.17, 15) is 4.79 Å². The summed E-state index contributed by atoms with van der Waals surface area (Å²) in [6.07, 6.45) is 1.08. The second kappa shape index (κ2) is 5.64. The third-order valence-electron chi connectivity index (χ3n) is 3.72. The van der Waals surface area contributed by atoms with Gasteiger partial charge in [0.15, 0.2) is 0 Å². The van der Waals surface area contributed by atoms with E-state index in [1.54, 1.807) is 0 Å². The van der Waals surface area contributed by atoms with E-state index in [-0.39, 0.29) is 11.9 Å². The molecule has 1 rings (SSSR count). The first-order valence-electron chi connectivity index (χ1n) is 6.07. The Labute approximate surface area is 98.3 Å². The molecule has 4 nitrogen and oxygen atoms in total. The Morgan fingerprint density at radius 3 is 2.62 bits per heavy atom. The number of nitrogens with zero attached hydrogens (tertiary/aromatic N) is 1. The number of hydrogen-bond acceptors (Lipinski definition) is 4. The van der Waals surface area contributed by atoms with Crippen LogP contribution in [0.3, 0.4) is 0 Å². The lowest BCUT2D eigenvalue weighted by atomic mass is 9.86. The van der Waals surface area contributed by atoms with Crippen LogP contribution in [0.25, 0.3) is 0 Å². The van der Waals surface area contributed by atoms with Crippen molar-refractivity contribution in [3.8, 4) is 0 Å². The van der Waals surface area contributed by atoms with Crippen molar-refractivity contribution in [2.75, 3.05) is 33.3 Å². The number of carbonyl (C=O) groups is 1. The molecule has 1 atom stereocenters. The van der Waals surface area contributed by atoms with E-state index in [0.29, 0.717) is 0 Å². The van der Waals surface area contributed by atoms with E-state index >= 15 is 0 Å². The van der Waals surface area contributed by atoms with E-state index in [4.69, 9.17) is 4.74 Å². The van der Waals surface area contributed by atoms with Crippen molar-refractivity contribution < 1.29 is 9.53 Å². The molecule has 0 radical (unpaired) electrons. The molecule has 1 unspecified atom stereocenters. The van der Waals surface area contributed by atoms with Crippen molar-refractivity contribution in [2.24, 2.45) is 5.92 Å². The summed E-state index contributed by atoms with van der Waals surface area (Å²) in [7, 11) is 1.47. The minimum absolute atomic E-state index is 0.121. The Hall–Kier alpha value is -0.610. The third-order valence-corrected chi connectivity index (χ3v) is 3.72. The summed E-state index contributed by atoms with van der Waals surface area (Å²) in [5.74, 6) is 0.127. The van der Waals surface area contributed by atoms with Gasteiger partial charge in [-0.2, -0.15) is 0 Å². The molecular weight excluding hydrogens is 204 g/mol. The summed E-state index contributed by atoms with van der Waals surface area (Å²) in [5, 5.41) is 3.35. The zero-order valence-corrected chi connectivity index (χ0v) is 10.9. The predicted molar refractivity (Wildman–Crippen MR) is 64.3 cm³/mol. The minimum Gasteiger partial charge on any atom is -0.468 e. The summed E-state index contributed by atoms with van der Waals surface area (Å²) in [6.45, 7) is 9.99. The lowest BCUT2D eigenvalue weighted by Gasteiger charge is -2.41. The molecule has 0 aromatic carbocycles. The molecule has 0 aliphatic carbocycles. The van der Waals surface area contributed by atoms with E-state index in [1.807, 2.05) is 6.92 Å². The van der Waals surface area contributed by atoms with Crippen LogP contribution >= 0.6 is 0 Å². The van der Waals surface area contributed by atoms with Gasteiger partial charge in [0.1, 0.15) is 5.54 Å². The summed E-state index contributed by atoms with van der Waals surface area (Å²) in [5.41, 5.74) is -0.499. The number of nitrogens with one attached hydrogen (secondary N) is 1. The highest BCUT2D eigenvalue weighted by atomic mass is 16.5. The number of rotatable bonds is 3. The predicted octanol–water partition coefficient (Wildman–Crippen LogP) is 0.869. The second-order valence-electron chi connectivity index (χ2n) is 4.88. The molecule has 1 heterocycles. The number of hydrogen-bond donors (Lipinski definition) is 1. The highest BCUT2D eigenvalue weighted by Crippen LogP contribution is 2.26. The summed E-state index contributed by atoms with van der Waals surface area (Å²) in [4.78, 5) is 14.3. The molecule has 1 N–H and O–H groups in total. The molecule has 0 amide bonds. The Bertz CT molecular complexity index is 235. The van der Waals surface area contributed by atoms with Crippen LogP contribution in [0.2, 0.25) is 0 Å². The quantitative estimate of drug-likeness (QED) is 0.728. The normalized spacial score (nSPS) is 22.6. The monoisotopic (exact) mass is 228 g/mol. The topological polar surface area (TPSA) is 41.6 Å². The number of carbonyl (C=O) groups excluding carboxylic acids is 1. The van der Waals surface area contributed by atoms with Crippen molar-refractivity contribution in [3.05, 3.63) is 0 Å². The summed E-state index contributed by atoms with van der Waals surface area (Å²) >= 11 is 0. The molecule has 4 heteroatoms. The van der Waals surface area contributed by atoms with Gasteiger partial charge in [-0.1, -0.05) is 13.8 Å². The standard InChI is InChI=1S/C12H24N2O2/c1-10(2)12(3,11(15)16-4)14-8-5-6-13-7-9-14/h10,13H,5-9H2,1-4H3. The average molecular weight is 228 g/mol. The van der Waals surface area contributed by atoms with Crippen molar-refractivity contribution in [1.82, 2.24) is 10.2 Å². The molecule has 0 saturated carbocycles. The van der Waals surface area contributed by atoms with E-state index in [2.05, 4.69) is 24.1 Å². The zero-order valence-electron chi connectivity index (χ0n) is 10.9. The second-order valence-corrected chi connectivity index (χ2v) is 4.88. The van der Waals surface area contributed by atoms with Crippen LogP contribution in [0.15, 0.2) is 0 Å². The molecule has 1 aliphatic rings. The van der Waals surface area contributed by atoms with Gasteiger partial charge in [-0.05, 0) is 25.8 Å². The molecule has 1 aliphatic heterocycles. The minimum atomic E-state index is -0.499. The largest absolute Gasteiger partial charge is 0.468 e. The Morgan fingerprint density at radius 2 is 2.06 bits per heavy atom. The average Bonchev–Trinajstić information content (AvgIpc) is 2.55. The van der Waals surface area contributed by atoms with Crippen molar-refractivity contribution in [1.29, 1.82) is 0 Å². The highest BCUT2D eigenvalue weighted by Gasteiger charge is 2.43. The molecule has 0 aromatic heterocycles. The van der Waals surface area contributed by atoms with Gasteiger partial charge in [-0.15, -0.1) is 0 Å². The SMILES string of the molecule is COC(=O)C(C)(C(C)C)N1CCCNCC1. The van der Waals surface area contributed by atoms with Crippen LogP contribution in [0.1, 0.15) is 27.2 Å². The first-order chi connectivity index (χ1) is 7.53. The van der Waals surface area contributed by atoms with Gasteiger partial charge in [0, 0.05) is 19.6 Å². The molecular formula is C12H24N2O2. The Balaban J connectivity index is 2.86. The molecule has 1 saturated heterocycles. The van der Waals surface area contributed by atoms with Crippen LogP contribution in [-0.2, 0) is 9.53 Å². The number of esters is 1. The summed E-state index contributed by atoms with van der Waals surface area (Å²) in [6, 6.07) is 0. The fourth-order valence-electron chi connectivity index (χ4n) is 2.25. The van der Waals surface area contributed by atoms with E-state index in [0.717, 1.165) is 32.6 Å². The molecule has 0 aromatic rings. The smallest absolute Gasteiger partial charge is 0.326 e. The zero-order chi connectivity index (χ0) is 12.2. The number of methoxy groups -OCH3 is 1. The maximum atomic E-state index is 12.0. The Kier molecular flexibility index (Phi) is 4.74. The van der Waals surface area contributed by atoms with Gasteiger partial charge < -0.3 is 10.1 Å². The molecule has 94 valence electrons. The maximum absolute atomic E-state index is 12.0. The van der Waals surface area contributed by atoms with E-state index in [1.165, 1.54) is 7.11 Å². The highest BCUT2D eigenvalue weighted by molar-refractivity contribution is 5.80. The fraction of sp³-hybridized carbons (Fsp3) is 0.917. The van der Waals surface area contributed by atoms with Gasteiger partial charge in [0.25, 0.3) is 0 Å². The Morgan fingerprint density at radius 1 is 1.38 bits per heavy atom. The van der Waals surface area contributed by atoms with Crippen LogP contribution < -0.4 is 5.32 Å². The maximum Gasteiger partial charge on any atom is 0.326 e. The van der Waals surface area contributed by atoms with Crippen molar-refractivity contribution in [3.63, 3.8) is 0 Å². The van der Waals surface area contributed by atoms with Crippen LogP contribution in [0.5, 0.6) is 0 Å². The molecule has 1 fully saturated rings. The van der Waals surface area contributed by atoms with Crippen LogP contribution in [0.4, 0.5) is 0 Å². The lowest BCUT2D eigenvalue weighted by Crippen LogP contribution is -2.57. The molecule has 0 spiro atoms. The summed E-state index contributed by atoms with van der Waals surface area (Å²) < 4.78 is 4.97. The van der Waals surface area contributed by atoms with Gasteiger partial charge in [-0.3, -0.25) is 9.69 Å². The van der Waals surface area contributed by atoms with Crippen LogP contribution in [-0.4, -0.2) is 49.7 Å². The van der Waals surface area contributed by atoms with Crippen molar-refractivity contribution in [2.45, 2.75) is 32.7 Å². The molecule has 0 bridgehead atoms. The van der Waals surface area contributed by atoms with Crippen LogP contribution in [0, 0.1) is 5.92 Å². The van der Waals surface area contributed by atoms with E-state index < -0.39 is 5.54 Å². The third kappa shape index (κ3) is 2.55. The van der Waals surface area contributed by atoms with Gasteiger partial charge in [-0.25, -0.2) is 0 Å². The lowest BCUT2D eigenvalue weighted by molar-refractivity contribution is -0.157. The van der Waals surface area contributed by atoms with Gasteiger partial charge >= 0.3 is 5.97 Å². The van der Waals surface area contributed by atoms with Crippen molar-refractivity contribution >= 4 is 5.97 Å². The van der Waals surface area contributed by atoms with Gasteiger partial charge in [0.2, 0.25) is 0 Å². The molecule has 16 heavy (non-hydrogen) atoms. The van der Waals surface area contributed by atoms with Gasteiger partial charge in [0.05, 0.1) is 7.11 Å².